The minimum atomic E-state index is -0.651. The number of carbonyl (C=O) groups is 2. The first-order valence-electron chi connectivity index (χ1n) is 13.0. The number of dihydropyridines is 1. The van der Waals surface area contributed by atoms with Crippen molar-refractivity contribution in [2.24, 2.45) is 0 Å². The van der Waals surface area contributed by atoms with Crippen molar-refractivity contribution in [3.63, 3.8) is 0 Å². The lowest BCUT2D eigenvalue weighted by molar-refractivity contribution is -0.138. The van der Waals surface area contributed by atoms with E-state index in [2.05, 4.69) is 27.3 Å². The number of ether oxygens (including phenoxy) is 3. The zero-order valence-corrected chi connectivity index (χ0v) is 24.0. The number of allylic oxidation sites excluding steroid dienone is 2. The third kappa shape index (κ3) is 4.99. The molecule has 5 rings (SSSR count). The molecular weight excluding hydrogens is 558 g/mol. The van der Waals surface area contributed by atoms with Crippen molar-refractivity contribution in [3.05, 3.63) is 110 Å². The fourth-order valence-electron chi connectivity index (χ4n) is 5.26. The predicted octanol–water partition coefficient (Wildman–Crippen LogP) is 6.87. The number of rotatable bonds is 8. The summed E-state index contributed by atoms with van der Waals surface area (Å²) in [5.74, 6) is -0.136. The molecular formula is C32H30BrNO5. The highest BCUT2D eigenvalue weighted by atomic mass is 79.9. The largest absolute Gasteiger partial charge is 0.490 e. The zero-order valence-electron chi connectivity index (χ0n) is 22.4. The fourth-order valence-corrected chi connectivity index (χ4v) is 5.83. The number of halogens is 1. The van der Waals surface area contributed by atoms with Gasteiger partial charge in [0.05, 0.1) is 29.0 Å². The van der Waals surface area contributed by atoms with Gasteiger partial charge in [-0.1, -0.05) is 54.1 Å². The second kappa shape index (κ2) is 11.1. The molecule has 0 saturated heterocycles. The molecule has 3 aromatic carbocycles. The van der Waals surface area contributed by atoms with E-state index >= 15 is 0 Å². The quantitative estimate of drug-likeness (QED) is 0.290. The Hall–Kier alpha value is -3.84. The summed E-state index contributed by atoms with van der Waals surface area (Å²) in [6.45, 7) is 8.56. The highest BCUT2D eigenvalue weighted by Gasteiger charge is 2.43. The lowest BCUT2D eigenvalue weighted by atomic mass is 9.79. The average molecular weight is 588 g/mol. The number of nitrogens with one attached hydrogen (secondary N) is 1. The maximum Gasteiger partial charge on any atom is 0.336 e. The number of hydrogen-bond donors (Lipinski definition) is 1. The summed E-state index contributed by atoms with van der Waals surface area (Å²) in [6, 6.07) is 19.4. The second-order valence-electron chi connectivity index (χ2n) is 9.52. The van der Waals surface area contributed by atoms with E-state index in [1.54, 1.807) is 6.92 Å². The summed E-state index contributed by atoms with van der Waals surface area (Å²) >= 11 is 3.69. The monoisotopic (exact) mass is 587 g/mol. The summed E-state index contributed by atoms with van der Waals surface area (Å²) in [7, 11) is 0. The Bertz CT molecular complexity index is 1540. The van der Waals surface area contributed by atoms with Gasteiger partial charge in [-0.05, 0) is 66.9 Å². The third-order valence-electron chi connectivity index (χ3n) is 6.87. The van der Waals surface area contributed by atoms with E-state index in [9.17, 15) is 9.59 Å². The van der Waals surface area contributed by atoms with Gasteiger partial charge >= 0.3 is 5.97 Å². The van der Waals surface area contributed by atoms with E-state index in [1.165, 1.54) is 0 Å². The molecule has 0 aromatic heterocycles. The molecule has 7 heteroatoms. The molecule has 200 valence electrons. The molecule has 0 fully saturated rings. The number of carbonyl (C=O) groups excluding carboxylic acids is 2. The van der Waals surface area contributed by atoms with Crippen LogP contribution >= 0.6 is 15.9 Å². The number of ketones is 1. The van der Waals surface area contributed by atoms with Gasteiger partial charge < -0.3 is 19.5 Å². The van der Waals surface area contributed by atoms with E-state index in [4.69, 9.17) is 14.2 Å². The van der Waals surface area contributed by atoms with Crippen LogP contribution < -0.4 is 14.8 Å². The molecule has 6 nitrogen and oxygen atoms in total. The van der Waals surface area contributed by atoms with E-state index in [0.29, 0.717) is 51.6 Å². The molecule has 1 atom stereocenters. The van der Waals surface area contributed by atoms with Gasteiger partial charge in [0.15, 0.2) is 17.3 Å². The Morgan fingerprint density at radius 3 is 2.44 bits per heavy atom. The summed E-state index contributed by atoms with van der Waals surface area (Å²) in [5.41, 5.74) is 6.65. The van der Waals surface area contributed by atoms with Crippen molar-refractivity contribution in [3.8, 4) is 11.5 Å². The smallest absolute Gasteiger partial charge is 0.336 e. The minimum Gasteiger partial charge on any atom is -0.490 e. The Kier molecular flexibility index (Phi) is 7.62. The van der Waals surface area contributed by atoms with Crippen molar-refractivity contribution in [1.82, 2.24) is 5.32 Å². The van der Waals surface area contributed by atoms with Crippen LogP contribution in [0.2, 0.25) is 0 Å². The Morgan fingerprint density at radius 1 is 0.949 bits per heavy atom. The van der Waals surface area contributed by atoms with Gasteiger partial charge in [0.2, 0.25) is 0 Å². The highest BCUT2D eigenvalue weighted by Crippen LogP contribution is 2.49. The molecule has 0 saturated carbocycles. The van der Waals surface area contributed by atoms with E-state index < -0.39 is 11.9 Å². The molecule has 0 bridgehead atoms. The Labute approximate surface area is 236 Å². The van der Waals surface area contributed by atoms with Crippen LogP contribution in [-0.2, 0) is 16.1 Å². The topological polar surface area (TPSA) is 73.9 Å². The predicted molar refractivity (Wildman–Crippen MR) is 154 cm³/mol. The number of esters is 1. The lowest BCUT2D eigenvalue weighted by Gasteiger charge is -2.30. The van der Waals surface area contributed by atoms with Gasteiger partial charge in [0.25, 0.3) is 0 Å². The molecule has 1 N–H and O–H groups in total. The molecule has 1 heterocycles. The van der Waals surface area contributed by atoms with Crippen LogP contribution in [0.25, 0.3) is 5.70 Å². The van der Waals surface area contributed by atoms with E-state index in [0.717, 1.165) is 28.0 Å². The van der Waals surface area contributed by atoms with Crippen LogP contribution in [0.1, 0.15) is 59.3 Å². The molecule has 2 aliphatic rings. The van der Waals surface area contributed by atoms with Gasteiger partial charge in [-0.15, -0.1) is 0 Å². The van der Waals surface area contributed by atoms with Crippen molar-refractivity contribution in [2.45, 2.75) is 40.2 Å². The van der Waals surface area contributed by atoms with E-state index in [1.807, 2.05) is 75.4 Å². The average Bonchev–Trinajstić information content (AvgIpc) is 3.19. The van der Waals surface area contributed by atoms with Gasteiger partial charge in [-0.25, -0.2) is 4.79 Å². The molecule has 0 radical (unpaired) electrons. The van der Waals surface area contributed by atoms with Crippen LogP contribution in [0.5, 0.6) is 11.5 Å². The first-order valence-corrected chi connectivity index (χ1v) is 13.8. The maximum absolute atomic E-state index is 13.8. The Balaban J connectivity index is 1.62. The van der Waals surface area contributed by atoms with E-state index in [-0.39, 0.29) is 12.4 Å². The van der Waals surface area contributed by atoms with Crippen LogP contribution in [0.15, 0.2) is 82.0 Å². The van der Waals surface area contributed by atoms with Crippen molar-refractivity contribution < 1.29 is 23.8 Å². The minimum absolute atomic E-state index is 0.110. The second-order valence-corrected chi connectivity index (χ2v) is 10.4. The van der Waals surface area contributed by atoms with Crippen molar-refractivity contribution in [2.75, 3.05) is 13.2 Å². The third-order valence-corrected chi connectivity index (χ3v) is 7.46. The number of fused-ring (bicyclic) bond motifs is 2. The SMILES string of the molecule is CCOC(=O)C1=C(C)NC2=C(C(=O)c3ccccc32)[C@@H]1c1cc(Br)c(OCc2cccc(C)c2)c(OCC)c1. The number of Topliss-reactive ketones (excluding diaryl/α,β-unsaturated/α-hetero) is 1. The van der Waals surface area contributed by atoms with Crippen molar-refractivity contribution in [1.29, 1.82) is 0 Å². The van der Waals surface area contributed by atoms with Gasteiger partial charge in [0, 0.05) is 28.3 Å². The number of hydrogen-bond acceptors (Lipinski definition) is 6. The molecule has 0 unspecified atom stereocenters. The molecule has 0 spiro atoms. The number of aryl methyl sites for hydroxylation is 1. The fraction of sp³-hybridized carbons (Fsp3) is 0.250. The number of benzene rings is 3. The lowest BCUT2D eigenvalue weighted by Crippen LogP contribution is -2.29. The summed E-state index contributed by atoms with van der Waals surface area (Å²) in [6.07, 6.45) is 0. The van der Waals surface area contributed by atoms with Gasteiger partial charge in [0.1, 0.15) is 6.61 Å². The molecule has 3 aromatic rings. The van der Waals surface area contributed by atoms with Crippen LogP contribution in [0, 0.1) is 6.92 Å². The molecule has 1 aliphatic heterocycles. The van der Waals surface area contributed by atoms with Gasteiger partial charge in [-0.3, -0.25) is 4.79 Å². The normalized spacial score (nSPS) is 16.0. The summed E-state index contributed by atoms with van der Waals surface area (Å²) < 4.78 is 18.4. The van der Waals surface area contributed by atoms with Crippen molar-refractivity contribution >= 4 is 33.4 Å². The van der Waals surface area contributed by atoms with Crippen LogP contribution in [0.3, 0.4) is 0 Å². The first kappa shape index (κ1) is 26.8. The summed E-state index contributed by atoms with van der Waals surface area (Å²) in [5, 5.41) is 3.33. The molecule has 39 heavy (non-hydrogen) atoms. The standard InChI is InChI=1S/C32H30BrNO5/c1-5-37-25-16-21(15-24(33)31(25)39-17-20-11-9-10-18(3)14-20)27-26(32(36)38-6-2)19(4)34-29-22-12-7-8-13-23(22)30(35)28(27)29/h7-16,27,34H,5-6,17H2,1-4H3/t27-/m1/s1. The maximum atomic E-state index is 13.8. The van der Waals surface area contributed by atoms with Crippen LogP contribution in [-0.4, -0.2) is 25.0 Å². The highest BCUT2D eigenvalue weighted by molar-refractivity contribution is 9.10. The van der Waals surface area contributed by atoms with Crippen LogP contribution in [0.4, 0.5) is 0 Å². The van der Waals surface area contributed by atoms with Gasteiger partial charge in [-0.2, -0.15) is 0 Å². The first-order chi connectivity index (χ1) is 18.8. The zero-order chi connectivity index (χ0) is 27.7. The Morgan fingerprint density at radius 2 is 1.72 bits per heavy atom. The molecule has 1 aliphatic carbocycles. The molecule has 0 amide bonds. The summed E-state index contributed by atoms with van der Waals surface area (Å²) in [4.78, 5) is 27.0.